The van der Waals surface area contributed by atoms with E-state index in [-0.39, 0.29) is 11.8 Å². The molecule has 0 saturated heterocycles. The lowest BCUT2D eigenvalue weighted by atomic mass is 10.1. The minimum Gasteiger partial charge on any atom is -0.387 e. The highest BCUT2D eigenvalue weighted by atomic mass is 16.2. The van der Waals surface area contributed by atoms with E-state index in [0.29, 0.717) is 12.1 Å². The van der Waals surface area contributed by atoms with Crippen molar-refractivity contribution in [3.63, 3.8) is 0 Å². The second-order valence-corrected chi connectivity index (χ2v) is 4.79. The minimum absolute atomic E-state index is 0.168. The molecule has 0 saturated carbocycles. The normalized spacial score (nSPS) is 11.6. The lowest BCUT2D eigenvalue weighted by Crippen LogP contribution is -2.45. The van der Waals surface area contributed by atoms with Gasteiger partial charge >= 0.3 is 0 Å². The molecule has 1 aromatic carbocycles. The molecule has 0 bridgehead atoms. The number of carbonyl (C=O) groups excluding carboxylic acids is 2. The lowest BCUT2D eigenvalue weighted by Gasteiger charge is -2.15. The zero-order valence-electron chi connectivity index (χ0n) is 12.5. The Kier molecular flexibility index (Phi) is 6.03. The summed E-state index contributed by atoms with van der Waals surface area (Å²) in [7, 11) is 1.77. The van der Waals surface area contributed by atoms with Crippen LogP contribution >= 0.6 is 0 Å². The van der Waals surface area contributed by atoms with Crippen molar-refractivity contribution in [2.45, 2.75) is 33.2 Å². The summed E-state index contributed by atoms with van der Waals surface area (Å²) in [5.74, 6) is -0.424. The highest BCUT2D eigenvalue weighted by Gasteiger charge is 2.17. The van der Waals surface area contributed by atoms with Crippen LogP contribution in [0.4, 0.5) is 5.69 Å². The summed E-state index contributed by atoms with van der Waals surface area (Å²) in [6.45, 7) is 6.24. The van der Waals surface area contributed by atoms with Gasteiger partial charge in [-0.3, -0.25) is 9.59 Å². The Hall–Kier alpha value is -2.04. The van der Waals surface area contributed by atoms with Crippen molar-refractivity contribution in [3.8, 4) is 0 Å². The summed E-state index contributed by atoms with van der Waals surface area (Å²) < 4.78 is 0. The number of benzene rings is 1. The van der Waals surface area contributed by atoms with E-state index in [1.54, 1.807) is 20.0 Å². The van der Waals surface area contributed by atoms with Crippen LogP contribution in [0.3, 0.4) is 0 Å². The third kappa shape index (κ3) is 4.26. The molecule has 0 fully saturated rings. The first-order valence-corrected chi connectivity index (χ1v) is 6.86. The predicted octanol–water partition coefficient (Wildman–Crippen LogP) is 1.68. The van der Waals surface area contributed by atoms with Crippen LogP contribution in [-0.4, -0.2) is 31.4 Å². The molecule has 0 heterocycles. The van der Waals surface area contributed by atoms with Gasteiger partial charge in [-0.25, -0.2) is 0 Å². The summed E-state index contributed by atoms with van der Waals surface area (Å²) in [6, 6.07) is 4.97. The molecule has 110 valence electrons. The van der Waals surface area contributed by atoms with Gasteiger partial charge in [-0.05, 0) is 38.0 Å². The van der Waals surface area contributed by atoms with Crippen molar-refractivity contribution in [1.82, 2.24) is 10.6 Å². The van der Waals surface area contributed by atoms with E-state index in [9.17, 15) is 9.59 Å². The largest absolute Gasteiger partial charge is 0.387 e. The van der Waals surface area contributed by atoms with Gasteiger partial charge in [-0.2, -0.15) is 0 Å². The number of amides is 2. The van der Waals surface area contributed by atoms with Gasteiger partial charge in [0, 0.05) is 19.3 Å². The van der Waals surface area contributed by atoms with Gasteiger partial charge in [-0.15, -0.1) is 0 Å². The number of nitrogens with one attached hydrogen (secondary N) is 3. The first-order chi connectivity index (χ1) is 9.49. The van der Waals surface area contributed by atoms with Gasteiger partial charge in [0.25, 0.3) is 5.91 Å². The molecule has 2 amide bonds. The molecule has 1 aromatic rings. The Morgan fingerprint density at radius 1 is 1.30 bits per heavy atom. The number of carbonyl (C=O) groups is 2. The molecule has 1 unspecified atom stereocenters. The lowest BCUT2D eigenvalue weighted by molar-refractivity contribution is -0.122. The molecule has 1 atom stereocenters. The molecule has 0 radical (unpaired) electrons. The molecule has 20 heavy (non-hydrogen) atoms. The Morgan fingerprint density at radius 3 is 2.60 bits per heavy atom. The number of anilines is 1. The van der Waals surface area contributed by atoms with Crippen molar-refractivity contribution >= 4 is 17.5 Å². The van der Waals surface area contributed by atoms with Crippen LogP contribution < -0.4 is 16.0 Å². The highest BCUT2D eigenvalue weighted by Crippen LogP contribution is 2.16. The summed E-state index contributed by atoms with van der Waals surface area (Å²) in [5, 5.41) is 8.46. The first-order valence-electron chi connectivity index (χ1n) is 6.86. The van der Waals surface area contributed by atoms with Crippen molar-refractivity contribution in [2.75, 3.05) is 18.9 Å². The van der Waals surface area contributed by atoms with E-state index in [1.165, 1.54) is 0 Å². The SMILES string of the molecule is CCCNC(=O)C(C)NC(=O)c1ccc(C)cc1NC. The maximum Gasteiger partial charge on any atom is 0.254 e. The van der Waals surface area contributed by atoms with Gasteiger partial charge < -0.3 is 16.0 Å². The van der Waals surface area contributed by atoms with Crippen LogP contribution in [0.25, 0.3) is 0 Å². The van der Waals surface area contributed by atoms with Crippen molar-refractivity contribution in [3.05, 3.63) is 29.3 Å². The standard InChI is InChI=1S/C15H23N3O2/c1-5-8-17-14(19)11(3)18-15(20)12-7-6-10(2)9-13(12)16-4/h6-7,9,11,16H,5,8H2,1-4H3,(H,17,19)(H,18,20). The van der Waals surface area contributed by atoms with Crippen LogP contribution in [0.5, 0.6) is 0 Å². The van der Waals surface area contributed by atoms with E-state index in [0.717, 1.165) is 17.7 Å². The zero-order chi connectivity index (χ0) is 15.1. The summed E-state index contributed by atoms with van der Waals surface area (Å²) in [5.41, 5.74) is 2.36. The van der Waals surface area contributed by atoms with Crippen LogP contribution in [0.1, 0.15) is 36.2 Å². The highest BCUT2D eigenvalue weighted by molar-refractivity contribution is 6.01. The second kappa shape index (κ2) is 7.53. The summed E-state index contributed by atoms with van der Waals surface area (Å²) in [6.07, 6.45) is 0.869. The van der Waals surface area contributed by atoms with Gasteiger partial charge in [0.1, 0.15) is 6.04 Å². The Labute approximate surface area is 120 Å². The van der Waals surface area contributed by atoms with Gasteiger partial charge in [0.05, 0.1) is 5.56 Å². The average Bonchev–Trinajstić information content (AvgIpc) is 2.44. The smallest absolute Gasteiger partial charge is 0.254 e. The molecule has 0 aliphatic rings. The Balaban J connectivity index is 2.73. The van der Waals surface area contributed by atoms with Crippen molar-refractivity contribution in [1.29, 1.82) is 0 Å². The zero-order valence-corrected chi connectivity index (χ0v) is 12.5. The van der Waals surface area contributed by atoms with E-state index < -0.39 is 6.04 Å². The fraction of sp³-hybridized carbons (Fsp3) is 0.467. The van der Waals surface area contributed by atoms with E-state index >= 15 is 0 Å². The minimum atomic E-state index is -0.556. The molecule has 5 nitrogen and oxygen atoms in total. The number of rotatable bonds is 6. The molecule has 0 aromatic heterocycles. The Bertz CT molecular complexity index is 486. The molecular weight excluding hydrogens is 254 g/mol. The van der Waals surface area contributed by atoms with Gasteiger partial charge in [-0.1, -0.05) is 13.0 Å². The fourth-order valence-corrected chi connectivity index (χ4v) is 1.80. The maximum atomic E-state index is 12.2. The van der Waals surface area contributed by atoms with Crippen LogP contribution in [0.2, 0.25) is 0 Å². The van der Waals surface area contributed by atoms with Crippen LogP contribution in [0, 0.1) is 6.92 Å². The molecule has 1 rings (SSSR count). The monoisotopic (exact) mass is 277 g/mol. The van der Waals surface area contributed by atoms with Crippen molar-refractivity contribution < 1.29 is 9.59 Å². The topological polar surface area (TPSA) is 70.2 Å². The van der Waals surface area contributed by atoms with E-state index in [1.807, 2.05) is 26.0 Å². The molecule has 0 aliphatic carbocycles. The van der Waals surface area contributed by atoms with E-state index in [4.69, 9.17) is 0 Å². The third-order valence-corrected chi connectivity index (χ3v) is 2.98. The Morgan fingerprint density at radius 2 is 2.00 bits per heavy atom. The molecule has 5 heteroatoms. The molecule has 3 N–H and O–H groups in total. The summed E-state index contributed by atoms with van der Waals surface area (Å²) >= 11 is 0. The number of hydrogen-bond acceptors (Lipinski definition) is 3. The average molecular weight is 277 g/mol. The van der Waals surface area contributed by atoms with Gasteiger partial charge in [0.15, 0.2) is 0 Å². The molecule has 0 aliphatic heterocycles. The molecule has 0 spiro atoms. The van der Waals surface area contributed by atoms with E-state index in [2.05, 4.69) is 16.0 Å². The third-order valence-electron chi connectivity index (χ3n) is 2.98. The van der Waals surface area contributed by atoms with Crippen molar-refractivity contribution in [2.24, 2.45) is 0 Å². The fourth-order valence-electron chi connectivity index (χ4n) is 1.80. The van der Waals surface area contributed by atoms with Crippen LogP contribution in [0.15, 0.2) is 18.2 Å². The second-order valence-electron chi connectivity index (χ2n) is 4.79. The van der Waals surface area contributed by atoms with Gasteiger partial charge in [0.2, 0.25) is 5.91 Å². The number of hydrogen-bond donors (Lipinski definition) is 3. The molecular formula is C15H23N3O2. The van der Waals surface area contributed by atoms with Crippen LogP contribution in [-0.2, 0) is 4.79 Å². The quantitative estimate of drug-likeness (QED) is 0.741. The number of aryl methyl sites for hydroxylation is 1. The first kappa shape index (κ1) is 16.0. The summed E-state index contributed by atoms with van der Waals surface area (Å²) in [4.78, 5) is 23.9. The predicted molar refractivity (Wildman–Crippen MR) is 81.0 cm³/mol. The maximum absolute atomic E-state index is 12.2.